The number of hydrogen-bond acceptors (Lipinski definition) is 4. The topological polar surface area (TPSA) is 53.7 Å². The standard InChI is InChI=1S/C12H17NO3/c13-15-8-10-4-1-2-6-12(10)16-11-5-3-7-14-9-11/h1-2,4,6,11H,3,5,7-9,13H2. The number of para-hydroxylation sites is 1. The molecule has 1 fully saturated rings. The van der Waals surface area contributed by atoms with E-state index < -0.39 is 0 Å². The lowest BCUT2D eigenvalue weighted by Crippen LogP contribution is -2.28. The van der Waals surface area contributed by atoms with Gasteiger partial charge in [0.2, 0.25) is 0 Å². The molecule has 4 nitrogen and oxygen atoms in total. The van der Waals surface area contributed by atoms with Gasteiger partial charge in [-0.25, -0.2) is 5.90 Å². The van der Waals surface area contributed by atoms with Crippen LogP contribution in [-0.2, 0) is 16.2 Å². The minimum Gasteiger partial charge on any atom is -0.488 e. The van der Waals surface area contributed by atoms with Crippen LogP contribution in [0.5, 0.6) is 5.75 Å². The number of rotatable bonds is 4. The van der Waals surface area contributed by atoms with E-state index in [1.54, 1.807) is 0 Å². The summed E-state index contributed by atoms with van der Waals surface area (Å²) >= 11 is 0. The smallest absolute Gasteiger partial charge is 0.125 e. The summed E-state index contributed by atoms with van der Waals surface area (Å²) in [6, 6.07) is 7.77. The van der Waals surface area contributed by atoms with Gasteiger partial charge in [0.15, 0.2) is 0 Å². The second-order valence-corrected chi connectivity index (χ2v) is 3.88. The van der Waals surface area contributed by atoms with Crippen molar-refractivity contribution in [2.45, 2.75) is 25.6 Å². The fraction of sp³-hybridized carbons (Fsp3) is 0.500. The molecule has 0 radical (unpaired) electrons. The van der Waals surface area contributed by atoms with E-state index in [4.69, 9.17) is 15.4 Å². The van der Waals surface area contributed by atoms with Gasteiger partial charge in [-0.05, 0) is 18.9 Å². The monoisotopic (exact) mass is 223 g/mol. The molecule has 1 aromatic rings. The fourth-order valence-corrected chi connectivity index (χ4v) is 1.81. The van der Waals surface area contributed by atoms with Crippen molar-refractivity contribution < 1.29 is 14.3 Å². The zero-order valence-electron chi connectivity index (χ0n) is 9.22. The van der Waals surface area contributed by atoms with Crippen LogP contribution in [-0.4, -0.2) is 19.3 Å². The Hall–Kier alpha value is -1.10. The molecule has 0 aromatic heterocycles. The van der Waals surface area contributed by atoms with Gasteiger partial charge in [0.1, 0.15) is 11.9 Å². The maximum absolute atomic E-state index is 5.88. The maximum Gasteiger partial charge on any atom is 0.125 e. The lowest BCUT2D eigenvalue weighted by Gasteiger charge is -2.24. The predicted molar refractivity (Wildman–Crippen MR) is 59.9 cm³/mol. The van der Waals surface area contributed by atoms with Gasteiger partial charge in [-0.15, -0.1) is 0 Å². The molecule has 2 N–H and O–H groups in total. The quantitative estimate of drug-likeness (QED) is 0.788. The van der Waals surface area contributed by atoms with Crippen molar-refractivity contribution in [2.75, 3.05) is 13.2 Å². The second kappa shape index (κ2) is 5.84. The van der Waals surface area contributed by atoms with Crippen LogP contribution in [0.25, 0.3) is 0 Å². The van der Waals surface area contributed by atoms with Crippen molar-refractivity contribution in [3.63, 3.8) is 0 Å². The molecule has 0 bridgehead atoms. The summed E-state index contributed by atoms with van der Waals surface area (Å²) in [5.74, 6) is 5.92. The molecular formula is C12H17NO3. The highest BCUT2D eigenvalue weighted by Crippen LogP contribution is 2.22. The van der Waals surface area contributed by atoms with Gasteiger partial charge in [-0.1, -0.05) is 18.2 Å². The summed E-state index contributed by atoms with van der Waals surface area (Å²) < 4.78 is 11.3. The number of nitrogens with two attached hydrogens (primary N) is 1. The first-order valence-electron chi connectivity index (χ1n) is 5.54. The molecule has 1 aliphatic rings. The van der Waals surface area contributed by atoms with Gasteiger partial charge in [-0.3, -0.25) is 4.84 Å². The van der Waals surface area contributed by atoms with Gasteiger partial charge < -0.3 is 9.47 Å². The van der Waals surface area contributed by atoms with Crippen molar-refractivity contribution >= 4 is 0 Å². The highest BCUT2D eigenvalue weighted by atomic mass is 16.6. The van der Waals surface area contributed by atoms with E-state index >= 15 is 0 Å². The Morgan fingerprint density at radius 2 is 2.25 bits per heavy atom. The van der Waals surface area contributed by atoms with Gasteiger partial charge in [0.25, 0.3) is 0 Å². The summed E-state index contributed by atoms with van der Waals surface area (Å²) in [6.07, 6.45) is 2.24. The van der Waals surface area contributed by atoms with Crippen molar-refractivity contribution in [3.05, 3.63) is 29.8 Å². The first-order valence-corrected chi connectivity index (χ1v) is 5.54. The lowest BCUT2D eigenvalue weighted by atomic mass is 10.1. The third-order valence-electron chi connectivity index (χ3n) is 2.62. The molecule has 1 saturated heterocycles. The third-order valence-corrected chi connectivity index (χ3v) is 2.62. The summed E-state index contributed by atoms with van der Waals surface area (Å²) in [5, 5.41) is 0. The molecule has 88 valence electrons. The van der Waals surface area contributed by atoms with E-state index in [9.17, 15) is 0 Å². The Kier molecular flexibility index (Phi) is 4.16. The summed E-state index contributed by atoms with van der Waals surface area (Å²) in [5.41, 5.74) is 0.968. The van der Waals surface area contributed by atoms with E-state index in [1.165, 1.54) is 0 Å². The van der Waals surface area contributed by atoms with Crippen molar-refractivity contribution in [1.29, 1.82) is 0 Å². The van der Waals surface area contributed by atoms with Crippen LogP contribution in [0.2, 0.25) is 0 Å². The molecule has 4 heteroatoms. The molecule has 1 aromatic carbocycles. The van der Waals surface area contributed by atoms with Gasteiger partial charge in [-0.2, -0.15) is 0 Å². The third kappa shape index (κ3) is 2.95. The zero-order chi connectivity index (χ0) is 11.2. The van der Waals surface area contributed by atoms with E-state index in [0.29, 0.717) is 13.2 Å². The lowest BCUT2D eigenvalue weighted by molar-refractivity contribution is 0.00602. The van der Waals surface area contributed by atoms with Gasteiger partial charge in [0, 0.05) is 12.2 Å². The minimum absolute atomic E-state index is 0.146. The molecule has 0 aliphatic carbocycles. The van der Waals surface area contributed by atoms with Crippen LogP contribution in [0.3, 0.4) is 0 Å². The molecule has 1 aliphatic heterocycles. The number of ether oxygens (including phenoxy) is 2. The Labute approximate surface area is 95.2 Å². The van der Waals surface area contributed by atoms with E-state index in [0.717, 1.165) is 30.8 Å². The molecule has 2 rings (SSSR count). The molecule has 1 unspecified atom stereocenters. The molecule has 0 spiro atoms. The largest absolute Gasteiger partial charge is 0.488 e. The molecule has 16 heavy (non-hydrogen) atoms. The number of hydrogen-bond donors (Lipinski definition) is 1. The zero-order valence-corrected chi connectivity index (χ0v) is 9.22. The first-order chi connectivity index (χ1) is 7.90. The Bertz CT molecular complexity index is 324. The van der Waals surface area contributed by atoms with Crippen LogP contribution in [0.15, 0.2) is 24.3 Å². The average molecular weight is 223 g/mol. The minimum atomic E-state index is 0.146. The second-order valence-electron chi connectivity index (χ2n) is 3.88. The van der Waals surface area contributed by atoms with E-state index in [-0.39, 0.29) is 6.10 Å². The van der Waals surface area contributed by atoms with Crippen LogP contribution in [0, 0.1) is 0 Å². The normalized spacial score (nSPS) is 20.7. The SMILES string of the molecule is NOCc1ccccc1OC1CCCOC1. The molecule has 0 amide bonds. The fourth-order valence-electron chi connectivity index (χ4n) is 1.81. The summed E-state index contributed by atoms with van der Waals surface area (Å²) in [6.45, 7) is 1.87. The van der Waals surface area contributed by atoms with Crippen molar-refractivity contribution in [1.82, 2.24) is 0 Å². The van der Waals surface area contributed by atoms with Crippen LogP contribution >= 0.6 is 0 Å². The first kappa shape index (κ1) is 11.4. The van der Waals surface area contributed by atoms with Crippen LogP contribution < -0.4 is 10.6 Å². The average Bonchev–Trinajstić information content (AvgIpc) is 2.33. The van der Waals surface area contributed by atoms with Gasteiger partial charge in [0.05, 0.1) is 13.2 Å². The molecule has 1 heterocycles. The Morgan fingerprint density at radius 3 is 3.00 bits per heavy atom. The molecular weight excluding hydrogens is 206 g/mol. The van der Waals surface area contributed by atoms with Crippen LogP contribution in [0.1, 0.15) is 18.4 Å². The molecule has 0 saturated carbocycles. The predicted octanol–water partition coefficient (Wildman–Crippen LogP) is 1.63. The highest BCUT2D eigenvalue weighted by molar-refractivity contribution is 5.32. The highest BCUT2D eigenvalue weighted by Gasteiger charge is 2.16. The van der Waals surface area contributed by atoms with Crippen molar-refractivity contribution in [3.8, 4) is 5.75 Å². The Morgan fingerprint density at radius 1 is 1.38 bits per heavy atom. The maximum atomic E-state index is 5.88. The van der Waals surface area contributed by atoms with Crippen molar-refractivity contribution in [2.24, 2.45) is 5.90 Å². The Balaban J connectivity index is 2.01. The van der Waals surface area contributed by atoms with Gasteiger partial charge >= 0.3 is 0 Å². The summed E-state index contributed by atoms with van der Waals surface area (Å²) in [7, 11) is 0. The van der Waals surface area contributed by atoms with E-state index in [2.05, 4.69) is 4.84 Å². The molecule has 1 atom stereocenters. The van der Waals surface area contributed by atoms with E-state index in [1.807, 2.05) is 24.3 Å². The summed E-state index contributed by atoms with van der Waals surface area (Å²) in [4.78, 5) is 4.65. The van der Waals surface area contributed by atoms with Crippen LogP contribution in [0.4, 0.5) is 0 Å². The number of benzene rings is 1.